The Hall–Kier alpha value is -0.630. The summed E-state index contributed by atoms with van der Waals surface area (Å²) in [6, 6.07) is 0. The molecule has 0 spiro atoms. The largest absolute Gasteiger partial charge is 0.223 e. The fraction of sp³-hybridized carbons (Fsp3) is 0.600. The molecule has 0 saturated heterocycles. The standard InChI is InChI=1S/C10H13ClN2/c1-6(2)9-7-4-3-5-8(7)12-10(11)13-9/h6H,3-5H2,1-2H3. The number of nitrogens with zero attached hydrogens (tertiary/aromatic N) is 2. The zero-order valence-electron chi connectivity index (χ0n) is 7.97. The molecule has 1 aliphatic carbocycles. The van der Waals surface area contributed by atoms with Gasteiger partial charge in [0.15, 0.2) is 0 Å². The Balaban J connectivity index is 2.55. The number of rotatable bonds is 1. The number of halogens is 1. The highest BCUT2D eigenvalue weighted by molar-refractivity contribution is 6.28. The van der Waals surface area contributed by atoms with Crippen molar-refractivity contribution in [3.05, 3.63) is 22.2 Å². The predicted molar refractivity (Wildman–Crippen MR) is 53.2 cm³/mol. The van der Waals surface area contributed by atoms with Gasteiger partial charge in [0.25, 0.3) is 0 Å². The van der Waals surface area contributed by atoms with Gasteiger partial charge in [-0.25, -0.2) is 9.97 Å². The molecule has 0 atom stereocenters. The van der Waals surface area contributed by atoms with Crippen molar-refractivity contribution in [3.63, 3.8) is 0 Å². The maximum Gasteiger partial charge on any atom is 0.222 e. The molecular formula is C10H13ClN2. The molecule has 0 aliphatic heterocycles. The van der Waals surface area contributed by atoms with E-state index in [1.807, 2.05) is 0 Å². The molecule has 0 unspecified atom stereocenters. The van der Waals surface area contributed by atoms with Crippen LogP contribution in [0.25, 0.3) is 0 Å². The second kappa shape index (κ2) is 3.26. The van der Waals surface area contributed by atoms with Crippen LogP contribution in [0.3, 0.4) is 0 Å². The molecule has 1 heterocycles. The van der Waals surface area contributed by atoms with Gasteiger partial charge in [0, 0.05) is 5.69 Å². The van der Waals surface area contributed by atoms with Crippen molar-refractivity contribution in [3.8, 4) is 0 Å². The predicted octanol–water partition coefficient (Wildman–Crippen LogP) is 2.74. The highest BCUT2D eigenvalue weighted by Crippen LogP contribution is 2.28. The average Bonchev–Trinajstić information content (AvgIpc) is 2.49. The topological polar surface area (TPSA) is 25.8 Å². The maximum atomic E-state index is 5.85. The van der Waals surface area contributed by atoms with Crippen molar-refractivity contribution >= 4 is 11.6 Å². The van der Waals surface area contributed by atoms with Gasteiger partial charge in [-0.15, -0.1) is 0 Å². The number of fused-ring (bicyclic) bond motifs is 1. The van der Waals surface area contributed by atoms with E-state index < -0.39 is 0 Å². The Kier molecular flexibility index (Phi) is 2.24. The van der Waals surface area contributed by atoms with Gasteiger partial charge in [0.1, 0.15) is 0 Å². The minimum atomic E-state index is 0.407. The van der Waals surface area contributed by atoms with E-state index in [0.29, 0.717) is 11.2 Å². The zero-order chi connectivity index (χ0) is 9.42. The number of hydrogen-bond acceptors (Lipinski definition) is 2. The fourth-order valence-electron chi connectivity index (χ4n) is 1.91. The third-order valence-corrected chi connectivity index (χ3v) is 2.65. The van der Waals surface area contributed by atoms with E-state index in [0.717, 1.165) is 18.5 Å². The first-order valence-electron chi connectivity index (χ1n) is 4.73. The quantitative estimate of drug-likeness (QED) is 0.646. The van der Waals surface area contributed by atoms with Crippen molar-refractivity contribution in [2.24, 2.45) is 0 Å². The molecule has 0 bridgehead atoms. The van der Waals surface area contributed by atoms with Crippen LogP contribution in [0.2, 0.25) is 5.28 Å². The SMILES string of the molecule is CC(C)c1nc(Cl)nc2c1CCC2. The molecule has 0 N–H and O–H groups in total. The minimum absolute atomic E-state index is 0.407. The molecule has 1 aromatic rings. The van der Waals surface area contributed by atoms with E-state index in [-0.39, 0.29) is 0 Å². The van der Waals surface area contributed by atoms with Crippen LogP contribution in [-0.4, -0.2) is 9.97 Å². The summed E-state index contributed by atoms with van der Waals surface area (Å²) in [5.41, 5.74) is 3.66. The molecule has 3 heteroatoms. The molecule has 1 aliphatic rings. The van der Waals surface area contributed by atoms with Crippen LogP contribution in [0.15, 0.2) is 0 Å². The number of hydrogen-bond donors (Lipinski definition) is 0. The molecule has 0 radical (unpaired) electrons. The molecule has 2 nitrogen and oxygen atoms in total. The maximum absolute atomic E-state index is 5.85. The summed E-state index contributed by atoms with van der Waals surface area (Å²) in [5.74, 6) is 0.451. The number of aryl methyl sites for hydroxylation is 1. The summed E-state index contributed by atoms with van der Waals surface area (Å²) in [6.45, 7) is 4.30. The van der Waals surface area contributed by atoms with Crippen LogP contribution in [-0.2, 0) is 12.8 Å². The average molecular weight is 197 g/mol. The second-order valence-corrected chi connectivity index (χ2v) is 4.15. The van der Waals surface area contributed by atoms with Gasteiger partial charge in [-0.05, 0) is 42.3 Å². The summed E-state index contributed by atoms with van der Waals surface area (Å²) in [4.78, 5) is 8.55. The van der Waals surface area contributed by atoms with Crippen LogP contribution >= 0.6 is 11.6 Å². The molecule has 70 valence electrons. The Morgan fingerprint density at radius 1 is 1.23 bits per heavy atom. The minimum Gasteiger partial charge on any atom is -0.223 e. The summed E-state index contributed by atoms with van der Waals surface area (Å²) < 4.78 is 0. The van der Waals surface area contributed by atoms with E-state index in [1.54, 1.807) is 0 Å². The Bertz CT molecular complexity index is 334. The van der Waals surface area contributed by atoms with Crippen LogP contribution in [0, 0.1) is 0 Å². The monoisotopic (exact) mass is 196 g/mol. The van der Waals surface area contributed by atoms with Crippen LogP contribution in [0.5, 0.6) is 0 Å². The zero-order valence-corrected chi connectivity index (χ0v) is 8.73. The van der Waals surface area contributed by atoms with Gasteiger partial charge in [0.05, 0.1) is 5.69 Å². The smallest absolute Gasteiger partial charge is 0.222 e. The van der Waals surface area contributed by atoms with Crippen LogP contribution < -0.4 is 0 Å². The van der Waals surface area contributed by atoms with Gasteiger partial charge in [0.2, 0.25) is 5.28 Å². The summed E-state index contributed by atoms with van der Waals surface area (Å²) in [7, 11) is 0. The fourth-order valence-corrected chi connectivity index (χ4v) is 2.10. The summed E-state index contributed by atoms with van der Waals surface area (Å²) in [6.07, 6.45) is 3.39. The first-order chi connectivity index (χ1) is 6.18. The lowest BCUT2D eigenvalue weighted by molar-refractivity contribution is 0.791. The van der Waals surface area contributed by atoms with E-state index >= 15 is 0 Å². The lowest BCUT2D eigenvalue weighted by Gasteiger charge is -2.09. The normalized spacial score (nSPS) is 15.1. The Labute approximate surface area is 83.4 Å². The lowest BCUT2D eigenvalue weighted by atomic mass is 10.0. The van der Waals surface area contributed by atoms with Gasteiger partial charge >= 0.3 is 0 Å². The van der Waals surface area contributed by atoms with Crippen LogP contribution in [0.4, 0.5) is 0 Å². The third kappa shape index (κ3) is 1.55. The van der Waals surface area contributed by atoms with Crippen molar-refractivity contribution in [1.82, 2.24) is 9.97 Å². The molecule has 0 saturated carbocycles. The van der Waals surface area contributed by atoms with Crippen LogP contribution in [0.1, 0.15) is 43.1 Å². The van der Waals surface area contributed by atoms with Gasteiger partial charge in [-0.2, -0.15) is 0 Å². The van der Waals surface area contributed by atoms with Crippen molar-refractivity contribution in [2.45, 2.75) is 39.0 Å². The van der Waals surface area contributed by atoms with Gasteiger partial charge in [-0.3, -0.25) is 0 Å². The van der Waals surface area contributed by atoms with E-state index in [9.17, 15) is 0 Å². The van der Waals surface area contributed by atoms with E-state index in [4.69, 9.17) is 11.6 Å². The van der Waals surface area contributed by atoms with Crippen molar-refractivity contribution < 1.29 is 0 Å². The molecular weight excluding hydrogens is 184 g/mol. The number of aromatic nitrogens is 2. The third-order valence-electron chi connectivity index (χ3n) is 2.48. The Morgan fingerprint density at radius 2 is 2.00 bits per heavy atom. The molecule has 1 aromatic heterocycles. The first-order valence-corrected chi connectivity index (χ1v) is 5.11. The van der Waals surface area contributed by atoms with Crippen molar-refractivity contribution in [2.75, 3.05) is 0 Å². The highest BCUT2D eigenvalue weighted by Gasteiger charge is 2.19. The Morgan fingerprint density at radius 3 is 2.69 bits per heavy atom. The molecule has 0 fully saturated rings. The highest BCUT2D eigenvalue weighted by atomic mass is 35.5. The molecule has 0 aromatic carbocycles. The van der Waals surface area contributed by atoms with E-state index in [2.05, 4.69) is 23.8 Å². The first kappa shape index (κ1) is 8.95. The van der Waals surface area contributed by atoms with Gasteiger partial charge < -0.3 is 0 Å². The molecule has 13 heavy (non-hydrogen) atoms. The molecule has 0 amide bonds. The van der Waals surface area contributed by atoms with Gasteiger partial charge in [-0.1, -0.05) is 13.8 Å². The lowest BCUT2D eigenvalue weighted by Crippen LogP contribution is -2.02. The second-order valence-electron chi connectivity index (χ2n) is 3.81. The summed E-state index contributed by atoms with van der Waals surface area (Å²) >= 11 is 5.85. The van der Waals surface area contributed by atoms with E-state index in [1.165, 1.54) is 17.7 Å². The summed E-state index contributed by atoms with van der Waals surface area (Å²) in [5, 5.41) is 0.407. The molecule has 2 rings (SSSR count). The van der Waals surface area contributed by atoms with Crippen molar-refractivity contribution in [1.29, 1.82) is 0 Å².